The summed E-state index contributed by atoms with van der Waals surface area (Å²) < 4.78 is 78.1. The van der Waals surface area contributed by atoms with Gasteiger partial charge in [0.25, 0.3) is 0 Å². The van der Waals surface area contributed by atoms with Crippen LogP contribution in [0.25, 0.3) is 0 Å². The van der Waals surface area contributed by atoms with E-state index in [0.717, 1.165) is 6.20 Å². The number of nitrogens with zero attached hydrogens (tertiary/aromatic N) is 4. The predicted molar refractivity (Wildman–Crippen MR) is 102 cm³/mol. The fourth-order valence-corrected chi connectivity index (χ4v) is 5.20. The molecule has 0 radical (unpaired) electrons. The number of aromatic nitrogens is 2. The van der Waals surface area contributed by atoms with Gasteiger partial charge in [-0.2, -0.15) is 22.6 Å². The molecule has 2 atom stereocenters. The zero-order valence-corrected chi connectivity index (χ0v) is 17.3. The Morgan fingerprint density at radius 3 is 2.58 bits per heavy atom. The SMILES string of the molecule is NC1N=C(OC2CCOC2)C(C(F)(F)F)=CN1C1CCN(S(=O)(=O)c2cn[nH]c2)CC1. The summed E-state index contributed by atoms with van der Waals surface area (Å²) in [5, 5.41) is 6.11. The normalized spacial score (nSPS) is 26.6. The van der Waals surface area contributed by atoms with Gasteiger partial charge < -0.3 is 14.4 Å². The van der Waals surface area contributed by atoms with Crippen molar-refractivity contribution in [3.8, 4) is 0 Å². The van der Waals surface area contributed by atoms with Gasteiger partial charge in [0.05, 0.1) is 19.4 Å². The van der Waals surface area contributed by atoms with Crippen LogP contribution in [0.3, 0.4) is 0 Å². The van der Waals surface area contributed by atoms with Crippen LogP contribution in [0.5, 0.6) is 0 Å². The first-order chi connectivity index (χ1) is 14.7. The van der Waals surface area contributed by atoms with Gasteiger partial charge in [-0.1, -0.05) is 0 Å². The van der Waals surface area contributed by atoms with Crippen LogP contribution in [0.1, 0.15) is 19.3 Å². The van der Waals surface area contributed by atoms with Crippen LogP contribution in [0.4, 0.5) is 13.2 Å². The lowest BCUT2D eigenvalue weighted by Gasteiger charge is -2.41. The number of H-pyrrole nitrogens is 1. The van der Waals surface area contributed by atoms with Crippen LogP contribution < -0.4 is 5.73 Å². The quantitative estimate of drug-likeness (QED) is 0.674. The molecule has 0 aromatic carbocycles. The third-order valence-electron chi connectivity index (χ3n) is 5.49. The Hall–Kier alpha value is -2.16. The molecular weight excluding hydrogens is 441 g/mol. The van der Waals surface area contributed by atoms with E-state index in [9.17, 15) is 21.6 Å². The molecule has 1 aromatic rings. The highest BCUT2D eigenvalue weighted by Crippen LogP contribution is 2.33. The van der Waals surface area contributed by atoms with E-state index in [1.165, 1.54) is 21.6 Å². The number of nitrogens with one attached hydrogen (secondary N) is 1. The smallest absolute Gasteiger partial charge is 0.422 e. The van der Waals surface area contributed by atoms with E-state index in [4.69, 9.17) is 15.2 Å². The van der Waals surface area contributed by atoms with Crippen molar-refractivity contribution in [1.29, 1.82) is 0 Å². The van der Waals surface area contributed by atoms with Crippen molar-refractivity contribution in [1.82, 2.24) is 19.4 Å². The molecule has 2 fully saturated rings. The Morgan fingerprint density at radius 1 is 1.26 bits per heavy atom. The van der Waals surface area contributed by atoms with Crippen molar-refractivity contribution in [3.63, 3.8) is 0 Å². The van der Waals surface area contributed by atoms with Crippen molar-refractivity contribution >= 4 is 15.9 Å². The Bertz CT molecular complexity index is 936. The molecule has 0 aliphatic carbocycles. The first-order valence-corrected chi connectivity index (χ1v) is 11.2. The molecule has 0 amide bonds. The fraction of sp³-hybridized carbons (Fsp3) is 0.647. The highest BCUT2D eigenvalue weighted by Gasteiger charge is 2.44. The molecule has 172 valence electrons. The number of halogens is 3. The fourth-order valence-electron chi connectivity index (χ4n) is 3.82. The minimum absolute atomic E-state index is 0.0437. The van der Waals surface area contributed by atoms with E-state index in [-0.39, 0.29) is 24.6 Å². The number of nitrogens with two attached hydrogens (primary N) is 1. The second kappa shape index (κ2) is 8.41. The third-order valence-corrected chi connectivity index (χ3v) is 7.36. The third kappa shape index (κ3) is 4.56. The van der Waals surface area contributed by atoms with E-state index in [0.29, 0.717) is 25.9 Å². The van der Waals surface area contributed by atoms with Crippen LogP contribution in [-0.2, 0) is 19.5 Å². The van der Waals surface area contributed by atoms with Gasteiger partial charge in [0.1, 0.15) is 16.6 Å². The zero-order valence-electron chi connectivity index (χ0n) is 16.5. The van der Waals surface area contributed by atoms with Gasteiger partial charge in [-0.15, -0.1) is 0 Å². The lowest BCUT2D eigenvalue weighted by atomic mass is 10.0. The number of ether oxygens (including phenoxy) is 2. The number of hydrogen-bond donors (Lipinski definition) is 2. The van der Waals surface area contributed by atoms with E-state index in [2.05, 4.69) is 15.2 Å². The standard InChI is InChI=1S/C17H23F3N6O4S/c18-17(19,20)14-9-26(16(21)24-15(14)30-12-3-6-29-10-12)11-1-4-25(5-2-11)31(27,28)13-7-22-23-8-13/h7-9,11-12,16H,1-6,10,21H2,(H,22,23). The summed E-state index contributed by atoms with van der Waals surface area (Å²) in [5.74, 6) is -0.535. The Kier molecular flexibility index (Phi) is 5.98. The summed E-state index contributed by atoms with van der Waals surface area (Å²) >= 11 is 0. The van der Waals surface area contributed by atoms with Crippen LogP contribution in [-0.4, -0.2) is 84.6 Å². The molecule has 4 heterocycles. The van der Waals surface area contributed by atoms with E-state index >= 15 is 0 Å². The first-order valence-electron chi connectivity index (χ1n) is 9.80. The minimum Gasteiger partial charge on any atom is -0.471 e. The lowest BCUT2D eigenvalue weighted by Crippen LogP contribution is -2.52. The van der Waals surface area contributed by atoms with E-state index in [1.54, 1.807) is 0 Å². The first kappa shape index (κ1) is 22.0. The largest absolute Gasteiger partial charge is 0.471 e. The summed E-state index contributed by atoms with van der Waals surface area (Å²) in [6.07, 6.45) is -1.73. The molecule has 3 aliphatic heterocycles. The van der Waals surface area contributed by atoms with Crippen molar-refractivity contribution < 1.29 is 31.1 Å². The van der Waals surface area contributed by atoms with Crippen LogP contribution in [0, 0.1) is 0 Å². The Labute approximate surface area is 176 Å². The van der Waals surface area contributed by atoms with Gasteiger partial charge in [-0.3, -0.25) is 10.8 Å². The van der Waals surface area contributed by atoms with Gasteiger partial charge in [-0.05, 0) is 12.8 Å². The topological polar surface area (TPSA) is 126 Å². The molecule has 1 aromatic heterocycles. The molecule has 4 rings (SSSR count). The molecule has 31 heavy (non-hydrogen) atoms. The minimum atomic E-state index is -4.68. The number of piperidine rings is 1. The number of aromatic amines is 1. The number of aliphatic imine (C=N–C) groups is 1. The molecule has 10 nitrogen and oxygen atoms in total. The molecule has 0 saturated carbocycles. The van der Waals surface area contributed by atoms with Crippen molar-refractivity contribution in [2.24, 2.45) is 10.7 Å². The van der Waals surface area contributed by atoms with Gasteiger partial charge in [0.2, 0.25) is 15.9 Å². The molecule has 0 bridgehead atoms. The Morgan fingerprint density at radius 2 is 2.00 bits per heavy atom. The van der Waals surface area contributed by atoms with Gasteiger partial charge in [-0.25, -0.2) is 13.4 Å². The van der Waals surface area contributed by atoms with Crippen molar-refractivity contribution in [2.75, 3.05) is 26.3 Å². The molecule has 14 heteroatoms. The summed E-state index contributed by atoms with van der Waals surface area (Å²) in [4.78, 5) is 5.35. The molecule has 0 spiro atoms. The summed E-state index contributed by atoms with van der Waals surface area (Å²) in [7, 11) is -3.71. The highest BCUT2D eigenvalue weighted by molar-refractivity contribution is 7.89. The van der Waals surface area contributed by atoms with Gasteiger partial charge in [0, 0.05) is 37.9 Å². The van der Waals surface area contributed by atoms with E-state index < -0.39 is 46.1 Å². The lowest BCUT2D eigenvalue weighted by molar-refractivity contribution is -0.0909. The maximum atomic E-state index is 13.7. The number of hydrogen-bond acceptors (Lipinski definition) is 8. The van der Waals surface area contributed by atoms with Crippen LogP contribution in [0.15, 0.2) is 34.1 Å². The molecule has 2 saturated heterocycles. The molecule has 3 N–H and O–H groups in total. The molecule has 3 aliphatic rings. The number of alkyl halides is 3. The summed E-state index contributed by atoms with van der Waals surface area (Å²) in [6, 6.07) is -0.400. The van der Waals surface area contributed by atoms with Crippen molar-refractivity contribution in [2.45, 2.75) is 48.8 Å². The average molecular weight is 464 g/mol. The van der Waals surface area contributed by atoms with Crippen molar-refractivity contribution in [3.05, 3.63) is 24.2 Å². The average Bonchev–Trinajstić information content (AvgIpc) is 3.42. The second-order valence-electron chi connectivity index (χ2n) is 7.51. The summed E-state index contributed by atoms with van der Waals surface area (Å²) in [5.41, 5.74) is 5.04. The maximum Gasteiger partial charge on any atom is 0.422 e. The molecular formula is C17H23F3N6O4S. The summed E-state index contributed by atoms with van der Waals surface area (Å²) in [6.45, 7) is 0.903. The van der Waals surface area contributed by atoms with E-state index in [1.807, 2.05) is 0 Å². The Balaban J connectivity index is 1.47. The molecule has 2 unspecified atom stereocenters. The van der Waals surface area contributed by atoms with Crippen LogP contribution >= 0.6 is 0 Å². The zero-order chi connectivity index (χ0) is 22.2. The van der Waals surface area contributed by atoms with Crippen LogP contribution in [0.2, 0.25) is 0 Å². The van der Waals surface area contributed by atoms with Gasteiger partial charge in [0.15, 0.2) is 6.29 Å². The predicted octanol–water partition coefficient (Wildman–Crippen LogP) is 0.771. The maximum absolute atomic E-state index is 13.7. The number of rotatable bonds is 4. The second-order valence-corrected chi connectivity index (χ2v) is 9.45. The highest BCUT2D eigenvalue weighted by atomic mass is 32.2. The van der Waals surface area contributed by atoms with Gasteiger partial charge >= 0.3 is 6.18 Å². The number of sulfonamides is 1. The monoisotopic (exact) mass is 464 g/mol.